The Morgan fingerprint density at radius 2 is 2.05 bits per heavy atom. The summed E-state index contributed by atoms with van der Waals surface area (Å²) >= 11 is 0. The van der Waals surface area contributed by atoms with Gasteiger partial charge in [-0.15, -0.1) is 0 Å². The summed E-state index contributed by atoms with van der Waals surface area (Å²) < 4.78 is 11.5. The summed E-state index contributed by atoms with van der Waals surface area (Å²) in [5, 5.41) is 1.46. The number of carbonyl (C=O) groups is 1. The summed E-state index contributed by atoms with van der Waals surface area (Å²) in [6, 6.07) is 0. The molecule has 1 aromatic heterocycles. The van der Waals surface area contributed by atoms with Crippen molar-refractivity contribution in [3.05, 3.63) is 21.8 Å². The lowest BCUT2D eigenvalue weighted by atomic mass is 9.97. The number of ether oxygens (including phenoxy) is 2. The van der Waals surface area contributed by atoms with Gasteiger partial charge in [-0.3, -0.25) is 9.78 Å². The molecule has 0 atom stereocenters. The molecular weight excluding hydrogens is 280 g/mol. The normalized spacial score (nSPS) is 21.3. The van der Waals surface area contributed by atoms with Gasteiger partial charge in [0, 0.05) is 12.0 Å². The minimum Gasteiger partial charge on any atom is -0.486 e. The van der Waals surface area contributed by atoms with Crippen LogP contribution in [0.1, 0.15) is 49.8 Å². The highest BCUT2D eigenvalue weighted by Crippen LogP contribution is 2.25. The molecule has 0 radical (unpaired) electrons. The molecule has 1 aromatic rings. The first-order valence-electron chi connectivity index (χ1n) is 8.03. The van der Waals surface area contributed by atoms with Crippen LogP contribution in [0.25, 0.3) is 11.8 Å². The second-order valence-electron chi connectivity index (χ2n) is 6.24. The van der Waals surface area contributed by atoms with E-state index in [0.717, 1.165) is 42.3 Å². The molecule has 1 fully saturated rings. The number of ketones is 1. The molecule has 2 heterocycles. The zero-order chi connectivity index (χ0) is 15.1. The van der Waals surface area contributed by atoms with E-state index in [9.17, 15) is 4.79 Å². The zero-order valence-electron chi connectivity index (χ0n) is 12.6. The molecule has 0 spiro atoms. The number of nitrogen functional groups attached to an aromatic ring is 1. The molecule has 5 nitrogen and oxygen atoms in total. The van der Waals surface area contributed by atoms with Crippen molar-refractivity contribution in [1.82, 2.24) is 4.98 Å². The molecule has 0 amide bonds. The second kappa shape index (κ2) is 5.39. The molecule has 4 rings (SSSR count). The Labute approximate surface area is 128 Å². The van der Waals surface area contributed by atoms with E-state index in [1.54, 1.807) is 0 Å². The quantitative estimate of drug-likeness (QED) is 0.878. The number of hydrogen-bond acceptors (Lipinski definition) is 5. The maximum absolute atomic E-state index is 12.4. The largest absolute Gasteiger partial charge is 0.486 e. The van der Waals surface area contributed by atoms with Crippen LogP contribution in [-0.4, -0.2) is 16.9 Å². The van der Waals surface area contributed by atoms with Crippen LogP contribution in [0.3, 0.4) is 0 Å². The number of aromatic nitrogens is 1. The van der Waals surface area contributed by atoms with Crippen molar-refractivity contribution in [3.8, 4) is 0 Å². The third-order valence-corrected chi connectivity index (χ3v) is 4.74. The number of hydrogen-bond donors (Lipinski definition) is 1. The van der Waals surface area contributed by atoms with Gasteiger partial charge in [-0.05, 0) is 31.8 Å². The van der Waals surface area contributed by atoms with Gasteiger partial charge in [0.15, 0.2) is 5.76 Å². The Kier molecular flexibility index (Phi) is 3.37. The fourth-order valence-corrected chi connectivity index (χ4v) is 3.53. The van der Waals surface area contributed by atoms with E-state index in [1.165, 1.54) is 6.42 Å². The average Bonchev–Trinajstić information content (AvgIpc) is 3.00. The highest BCUT2D eigenvalue weighted by molar-refractivity contribution is 6.15. The minimum absolute atomic E-state index is 0.00504. The van der Waals surface area contributed by atoms with Crippen LogP contribution in [0.15, 0.2) is 0 Å². The van der Waals surface area contributed by atoms with Crippen LogP contribution in [0, 0.1) is 0 Å². The van der Waals surface area contributed by atoms with E-state index in [2.05, 4.69) is 4.98 Å². The van der Waals surface area contributed by atoms with E-state index in [0.29, 0.717) is 36.3 Å². The molecule has 1 aliphatic heterocycles. The molecule has 0 unspecified atom stereocenters. The van der Waals surface area contributed by atoms with Crippen molar-refractivity contribution >= 4 is 23.3 Å². The van der Waals surface area contributed by atoms with E-state index in [1.807, 2.05) is 6.08 Å². The molecule has 0 bridgehead atoms. The first-order chi connectivity index (χ1) is 10.7. The number of nitrogens with two attached hydrogens (primary N) is 1. The van der Waals surface area contributed by atoms with Crippen molar-refractivity contribution in [2.24, 2.45) is 0 Å². The minimum atomic E-state index is 0.00504. The van der Waals surface area contributed by atoms with Gasteiger partial charge in [-0.2, -0.15) is 0 Å². The maximum Gasteiger partial charge on any atom is 0.201 e. The summed E-state index contributed by atoms with van der Waals surface area (Å²) in [6.45, 7) is 0.958. The Morgan fingerprint density at radius 1 is 1.23 bits per heavy atom. The van der Waals surface area contributed by atoms with Gasteiger partial charge in [0.2, 0.25) is 5.78 Å². The number of carbonyl (C=O) groups excluding carboxylic acids is 1. The van der Waals surface area contributed by atoms with E-state index >= 15 is 0 Å². The van der Waals surface area contributed by atoms with E-state index in [-0.39, 0.29) is 11.9 Å². The maximum atomic E-state index is 12.4. The average molecular weight is 300 g/mol. The first kappa shape index (κ1) is 13.8. The van der Waals surface area contributed by atoms with Crippen LogP contribution in [0.4, 0.5) is 5.69 Å². The lowest BCUT2D eigenvalue weighted by molar-refractivity contribution is -0.115. The van der Waals surface area contributed by atoms with Crippen molar-refractivity contribution in [1.29, 1.82) is 0 Å². The Morgan fingerprint density at radius 3 is 2.86 bits per heavy atom. The predicted octanol–water partition coefficient (Wildman–Crippen LogP) is 0.905. The Balaban J connectivity index is 1.85. The lowest BCUT2D eigenvalue weighted by Gasteiger charge is -2.25. The SMILES string of the molecule is Nc1c2c(nc3c1=C(OC1CCCCC1)C(=O)CC=3)COC2. The third-order valence-electron chi connectivity index (χ3n) is 4.74. The fraction of sp³-hybridized carbons (Fsp3) is 0.529. The smallest absolute Gasteiger partial charge is 0.201 e. The summed E-state index contributed by atoms with van der Waals surface area (Å²) in [4.78, 5) is 17.0. The van der Waals surface area contributed by atoms with Gasteiger partial charge in [0.25, 0.3) is 0 Å². The van der Waals surface area contributed by atoms with Crippen LogP contribution in [0.5, 0.6) is 0 Å². The summed E-state index contributed by atoms with van der Waals surface area (Å²) in [6.07, 6.45) is 7.91. The summed E-state index contributed by atoms with van der Waals surface area (Å²) in [7, 11) is 0. The lowest BCUT2D eigenvalue weighted by Crippen LogP contribution is -2.41. The van der Waals surface area contributed by atoms with Crippen molar-refractivity contribution in [3.63, 3.8) is 0 Å². The first-order valence-corrected chi connectivity index (χ1v) is 8.03. The summed E-state index contributed by atoms with van der Waals surface area (Å²) in [5.41, 5.74) is 8.72. The van der Waals surface area contributed by atoms with Gasteiger partial charge in [-0.1, -0.05) is 6.42 Å². The van der Waals surface area contributed by atoms with E-state index < -0.39 is 0 Å². The molecule has 3 aliphatic rings. The highest BCUT2D eigenvalue weighted by Gasteiger charge is 2.26. The van der Waals surface area contributed by atoms with Gasteiger partial charge >= 0.3 is 0 Å². The topological polar surface area (TPSA) is 74.4 Å². The number of pyridine rings is 1. The predicted molar refractivity (Wildman–Crippen MR) is 81.8 cm³/mol. The van der Waals surface area contributed by atoms with Gasteiger partial charge < -0.3 is 15.2 Å². The number of Topliss-reactive ketones (excluding diaryl/α,β-unsaturated/α-hetero) is 1. The fourth-order valence-electron chi connectivity index (χ4n) is 3.53. The number of fused-ring (bicyclic) bond motifs is 2. The highest BCUT2D eigenvalue weighted by atomic mass is 16.5. The van der Waals surface area contributed by atoms with Crippen LogP contribution in [-0.2, 0) is 27.5 Å². The monoisotopic (exact) mass is 300 g/mol. The number of nitrogens with zero attached hydrogens (tertiary/aromatic N) is 1. The van der Waals surface area contributed by atoms with Crippen molar-refractivity contribution in [2.75, 3.05) is 5.73 Å². The second-order valence-corrected chi connectivity index (χ2v) is 6.24. The Hall–Kier alpha value is -1.88. The van der Waals surface area contributed by atoms with E-state index in [4.69, 9.17) is 15.2 Å². The molecule has 1 saturated carbocycles. The van der Waals surface area contributed by atoms with Crippen molar-refractivity contribution in [2.45, 2.75) is 57.8 Å². The van der Waals surface area contributed by atoms with Crippen LogP contribution in [0.2, 0.25) is 0 Å². The summed E-state index contributed by atoms with van der Waals surface area (Å²) in [5.74, 6) is 0.425. The molecule has 0 aromatic carbocycles. The zero-order valence-corrected chi connectivity index (χ0v) is 12.6. The number of anilines is 1. The molecule has 2 N–H and O–H groups in total. The van der Waals surface area contributed by atoms with Crippen LogP contribution >= 0.6 is 0 Å². The standard InChI is InChI=1S/C17H20N2O3/c18-16-11-8-21-9-13(11)19-12-6-7-14(20)17(15(12)16)22-10-4-2-1-3-5-10/h6,10H,1-5,7-9,18H2. The molecule has 0 saturated heterocycles. The molecular formula is C17H20N2O3. The molecule has 5 heteroatoms. The van der Waals surface area contributed by atoms with Gasteiger partial charge in [0.05, 0.1) is 41.3 Å². The van der Waals surface area contributed by atoms with Gasteiger partial charge in [-0.25, -0.2) is 0 Å². The van der Waals surface area contributed by atoms with Crippen LogP contribution < -0.4 is 16.3 Å². The molecule has 22 heavy (non-hydrogen) atoms. The molecule has 2 aliphatic carbocycles. The van der Waals surface area contributed by atoms with Gasteiger partial charge in [0.1, 0.15) is 0 Å². The Bertz CT molecular complexity index is 748. The number of rotatable bonds is 2. The van der Waals surface area contributed by atoms with Crippen molar-refractivity contribution < 1.29 is 14.3 Å². The molecule has 116 valence electrons. The third kappa shape index (κ3) is 2.20.